The van der Waals surface area contributed by atoms with Crippen molar-refractivity contribution in [3.8, 4) is 11.8 Å². The minimum atomic E-state index is -0.296. The zero-order chi connectivity index (χ0) is 20.9. The summed E-state index contributed by atoms with van der Waals surface area (Å²) in [5.41, 5.74) is 2.88. The van der Waals surface area contributed by atoms with Gasteiger partial charge in [-0.2, -0.15) is 5.26 Å². The molecule has 0 aliphatic rings. The number of hydrogen-bond acceptors (Lipinski definition) is 2. The van der Waals surface area contributed by atoms with Crippen LogP contribution >= 0.6 is 15.9 Å². The first-order chi connectivity index (χ1) is 14.6. The summed E-state index contributed by atoms with van der Waals surface area (Å²) in [6.45, 7) is 0.234. The smallest absolute Gasteiger partial charge is 0.127 e. The van der Waals surface area contributed by atoms with Crippen molar-refractivity contribution in [2.24, 2.45) is 0 Å². The van der Waals surface area contributed by atoms with E-state index in [9.17, 15) is 9.65 Å². The SMILES string of the molecule is N#CC(=Cc1cc(Br)ccc1OCc1cccc(F)c1)c1ccc2ccccc2c1. The number of benzene rings is 4. The third-order valence-electron chi connectivity index (χ3n) is 4.74. The van der Waals surface area contributed by atoms with E-state index in [-0.39, 0.29) is 12.4 Å². The van der Waals surface area contributed by atoms with Crippen LogP contribution in [-0.4, -0.2) is 0 Å². The lowest BCUT2D eigenvalue weighted by Crippen LogP contribution is -1.98. The van der Waals surface area contributed by atoms with Gasteiger partial charge in [-0.25, -0.2) is 4.39 Å². The Balaban J connectivity index is 1.68. The van der Waals surface area contributed by atoms with E-state index in [1.807, 2.05) is 72.8 Å². The molecule has 0 N–H and O–H groups in total. The van der Waals surface area contributed by atoms with Gasteiger partial charge < -0.3 is 4.74 Å². The van der Waals surface area contributed by atoms with Crippen LogP contribution in [0.15, 0.2) is 89.4 Å². The molecule has 0 aliphatic heterocycles. The Morgan fingerprint density at radius 2 is 1.77 bits per heavy atom. The van der Waals surface area contributed by atoms with E-state index in [0.717, 1.165) is 31.9 Å². The van der Waals surface area contributed by atoms with E-state index in [1.165, 1.54) is 12.1 Å². The molecule has 0 aromatic heterocycles. The molecule has 0 fully saturated rings. The molecular weight excluding hydrogens is 441 g/mol. The van der Waals surface area contributed by atoms with E-state index < -0.39 is 0 Å². The minimum Gasteiger partial charge on any atom is -0.488 e. The quantitative estimate of drug-likeness (QED) is 0.231. The Labute approximate surface area is 183 Å². The monoisotopic (exact) mass is 457 g/mol. The molecule has 0 unspecified atom stereocenters. The number of rotatable bonds is 5. The molecule has 0 heterocycles. The van der Waals surface area contributed by atoms with Crippen molar-refractivity contribution < 1.29 is 9.13 Å². The van der Waals surface area contributed by atoms with E-state index in [0.29, 0.717) is 11.3 Å². The minimum absolute atomic E-state index is 0.234. The maximum absolute atomic E-state index is 13.4. The van der Waals surface area contributed by atoms with Gasteiger partial charge >= 0.3 is 0 Å². The molecule has 4 rings (SSSR count). The van der Waals surface area contributed by atoms with E-state index >= 15 is 0 Å². The topological polar surface area (TPSA) is 33.0 Å². The maximum atomic E-state index is 13.4. The highest BCUT2D eigenvalue weighted by molar-refractivity contribution is 9.10. The molecule has 0 saturated heterocycles. The van der Waals surface area contributed by atoms with Crippen LogP contribution in [0.4, 0.5) is 4.39 Å². The third kappa shape index (κ3) is 4.59. The molecule has 4 aromatic rings. The van der Waals surface area contributed by atoms with Crippen LogP contribution in [-0.2, 0) is 6.61 Å². The highest BCUT2D eigenvalue weighted by Gasteiger charge is 2.08. The fourth-order valence-electron chi connectivity index (χ4n) is 3.24. The molecular formula is C26H17BrFNO. The molecule has 4 aromatic carbocycles. The summed E-state index contributed by atoms with van der Waals surface area (Å²) >= 11 is 3.49. The molecule has 2 nitrogen and oxygen atoms in total. The van der Waals surface area contributed by atoms with Crippen LogP contribution in [0.25, 0.3) is 22.4 Å². The number of allylic oxidation sites excluding steroid dienone is 1. The second kappa shape index (κ2) is 8.94. The zero-order valence-electron chi connectivity index (χ0n) is 16.0. The van der Waals surface area contributed by atoms with Gasteiger partial charge in [0.15, 0.2) is 0 Å². The van der Waals surface area contributed by atoms with Crippen LogP contribution in [0.2, 0.25) is 0 Å². The Morgan fingerprint density at radius 3 is 2.57 bits per heavy atom. The van der Waals surface area contributed by atoms with Crippen LogP contribution in [0.3, 0.4) is 0 Å². The summed E-state index contributed by atoms with van der Waals surface area (Å²) in [4.78, 5) is 0. The van der Waals surface area contributed by atoms with Gasteiger partial charge in [0.1, 0.15) is 18.2 Å². The first-order valence-corrected chi connectivity index (χ1v) is 10.2. The van der Waals surface area contributed by atoms with Gasteiger partial charge in [-0.1, -0.05) is 64.5 Å². The van der Waals surface area contributed by atoms with Crippen molar-refractivity contribution >= 4 is 38.4 Å². The lowest BCUT2D eigenvalue weighted by Gasteiger charge is -2.11. The highest BCUT2D eigenvalue weighted by Crippen LogP contribution is 2.29. The van der Waals surface area contributed by atoms with E-state index in [1.54, 1.807) is 6.07 Å². The number of hydrogen-bond donors (Lipinski definition) is 0. The number of nitriles is 1. The predicted molar refractivity (Wildman–Crippen MR) is 122 cm³/mol. The Hall–Kier alpha value is -3.42. The Morgan fingerprint density at radius 1 is 0.933 bits per heavy atom. The largest absolute Gasteiger partial charge is 0.488 e. The fourth-order valence-corrected chi connectivity index (χ4v) is 3.62. The molecule has 0 bridgehead atoms. The number of nitrogens with zero attached hydrogens (tertiary/aromatic N) is 1. The van der Waals surface area contributed by atoms with E-state index in [2.05, 4.69) is 22.0 Å². The van der Waals surface area contributed by atoms with Gasteiger partial charge in [0.25, 0.3) is 0 Å². The maximum Gasteiger partial charge on any atom is 0.127 e. The molecule has 0 atom stereocenters. The summed E-state index contributed by atoms with van der Waals surface area (Å²) in [5.74, 6) is 0.325. The molecule has 0 saturated carbocycles. The third-order valence-corrected chi connectivity index (χ3v) is 5.23. The Kier molecular flexibility index (Phi) is 5.92. The first-order valence-electron chi connectivity index (χ1n) is 9.40. The standard InChI is InChI=1S/C26H17BrFNO/c27-24-10-11-26(30-17-18-4-3-7-25(28)12-18)22(15-24)14-23(16-29)21-9-8-19-5-1-2-6-20(19)13-21/h1-15H,17H2. The van der Waals surface area contributed by atoms with Crippen molar-refractivity contribution in [1.29, 1.82) is 5.26 Å². The highest BCUT2D eigenvalue weighted by atomic mass is 79.9. The van der Waals surface area contributed by atoms with Gasteiger partial charge in [0.05, 0.1) is 11.6 Å². The van der Waals surface area contributed by atoms with Gasteiger partial charge in [0.2, 0.25) is 0 Å². The average Bonchev–Trinajstić information content (AvgIpc) is 2.76. The average molecular weight is 458 g/mol. The molecule has 30 heavy (non-hydrogen) atoms. The van der Waals surface area contributed by atoms with Gasteiger partial charge in [-0.3, -0.25) is 0 Å². The summed E-state index contributed by atoms with van der Waals surface area (Å²) in [7, 11) is 0. The molecule has 0 spiro atoms. The number of ether oxygens (including phenoxy) is 1. The fraction of sp³-hybridized carbons (Fsp3) is 0.0385. The molecule has 4 heteroatoms. The summed E-state index contributed by atoms with van der Waals surface area (Å²) in [6, 6.07) is 28.2. The predicted octanol–water partition coefficient (Wildman–Crippen LogP) is 7.38. The second-order valence-electron chi connectivity index (χ2n) is 6.83. The van der Waals surface area contributed by atoms with E-state index in [4.69, 9.17) is 4.74 Å². The van der Waals surface area contributed by atoms with Crippen LogP contribution in [0, 0.1) is 17.1 Å². The summed E-state index contributed by atoms with van der Waals surface area (Å²) < 4.78 is 20.3. The van der Waals surface area contributed by atoms with Gasteiger partial charge in [0, 0.05) is 10.0 Å². The normalized spacial score (nSPS) is 11.3. The lowest BCUT2D eigenvalue weighted by atomic mass is 10.00. The van der Waals surface area contributed by atoms with Crippen molar-refractivity contribution in [1.82, 2.24) is 0 Å². The molecule has 0 aliphatic carbocycles. The summed E-state index contributed by atoms with van der Waals surface area (Å²) in [5, 5.41) is 12.0. The first kappa shape index (κ1) is 19.9. The Bertz CT molecular complexity index is 1290. The zero-order valence-corrected chi connectivity index (χ0v) is 17.6. The van der Waals surface area contributed by atoms with Gasteiger partial charge in [-0.05, 0) is 64.4 Å². The van der Waals surface area contributed by atoms with Crippen LogP contribution in [0.1, 0.15) is 16.7 Å². The molecule has 0 radical (unpaired) electrons. The van der Waals surface area contributed by atoms with Crippen molar-refractivity contribution in [2.75, 3.05) is 0 Å². The molecule has 146 valence electrons. The van der Waals surface area contributed by atoms with Crippen molar-refractivity contribution in [2.45, 2.75) is 6.61 Å². The van der Waals surface area contributed by atoms with Gasteiger partial charge in [-0.15, -0.1) is 0 Å². The van der Waals surface area contributed by atoms with Crippen LogP contribution < -0.4 is 4.74 Å². The second-order valence-corrected chi connectivity index (χ2v) is 7.75. The van der Waals surface area contributed by atoms with Crippen LogP contribution in [0.5, 0.6) is 5.75 Å². The molecule has 0 amide bonds. The summed E-state index contributed by atoms with van der Waals surface area (Å²) in [6.07, 6.45) is 1.82. The lowest BCUT2D eigenvalue weighted by molar-refractivity contribution is 0.305. The number of halogens is 2. The number of fused-ring (bicyclic) bond motifs is 1. The van der Waals surface area contributed by atoms with Crippen molar-refractivity contribution in [3.05, 3.63) is 112 Å². The van der Waals surface area contributed by atoms with Crippen molar-refractivity contribution in [3.63, 3.8) is 0 Å².